The molecule has 2 aliphatic rings. The molecular weight excluding hydrogens is 256 g/mol. The predicted molar refractivity (Wildman–Crippen MR) is 86.4 cm³/mol. The van der Waals surface area contributed by atoms with E-state index < -0.39 is 0 Å². The smallest absolute Gasteiger partial charge is 0.139 e. The van der Waals surface area contributed by atoms with Gasteiger partial charge in [0.2, 0.25) is 0 Å². The fourth-order valence-corrected chi connectivity index (χ4v) is 3.35. The average molecular weight is 276 g/mol. The van der Waals surface area contributed by atoms with Crippen molar-refractivity contribution in [3.05, 3.63) is 72.1 Å². The van der Waals surface area contributed by atoms with Crippen LogP contribution in [0, 0.1) is 12.8 Å². The third-order valence-corrected chi connectivity index (χ3v) is 4.56. The van der Waals surface area contributed by atoms with Gasteiger partial charge in [-0.2, -0.15) is 0 Å². The van der Waals surface area contributed by atoms with Gasteiger partial charge >= 0.3 is 0 Å². The quantitative estimate of drug-likeness (QED) is 0.888. The van der Waals surface area contributed by atoms with Gasteiger partial charge in [0.05, 0.1) is 5.82 Å². The molecule has 0 radical (unpaired) electrons. The van der Waals surface area contributed by atoms with Crippen LogP contribution in [0.15, 0.2) is 60.9 Å². The number of nitrogens with one attached hydrogen (secondary N) is 2. The number of rotatable bonds is 3. The molecule has 1 aliphatic heterocycles. The molecule has 2 aromatic carbocycles. The topological polar surface area (TPSA) is 24.1 Å². The van der Waals surface area contributed by atoms with Crippen LogP contribution < -0.4 is 10.6 Å². The second kappa shape index (κ2) is 4.39. The van der Waals surface area contributed by atoms with Crippen LogP contribution in [-0.4, -0.2) is 0 Å². The molecule has 21 heavy (non-hydrogen) atoms. The third kappa shape index (κ3) is 2.02. The molecule has 2 nitrogen and oxygen atoms in total. The molecule has 106 valence electrons. The van der Waals surface area contributed by atoms with E-state index in [0.29, 0.717) is 5.92 Å². The molecule has 0 unspecified atom stereocenters. The van der Waals surface area contributed by atoms with E-state index in [4.69, 9.17) is 0 Å². The van der Waals surface area contributed by atoms with Crippen LogP contribution >= 0.6 is 0 Å². The van der Waals surface area contributed by atoms with Gasteiger partial charge in [-0.25, -0.2) is 0 Å². The van der Waals surface area contributed by atoms with Crippen molar-refractivity contribution >= 4 is 0 Å². The van der Waals surface area contributed by atoms with Crippen LogP contribution in [0.2, 0.25) is 0 Å². The van der Waals surface area contributed by atoms with Gasteiger partial charge in [0.1, 0.15) is 5.66 Å². The summed E-state index contributed by atoms with van der Waals surface area (Å²) < 4.78 is 0. The van der Waals surface area contributed by atoms with E-state index in [1.54, 1.807) is 0 Å². The second-order valence-corrected chi connectivity index (χ2v) is 6.26. The van der Waals surface area contributed by atoms with Crippen molar-refractivity contribution in [3.8, 4) is 11.1 Å². The van der Waals surface area contributed by atoms with E-state index in [1.165, 1.54) is 35.1 Å². The molecule has 1 saturated heterocycles. The molecule has 2 heteroatoms. The standard InChI is InChI=1S/C19H20N2/c1-13-5-3-6-15(11-13)16-7-4-8-18(12-16)19(17-9-10-17)20-14(2)21-19/h3-8,11-12,17,20-21H,2,9-10H2,1H3. The van der Waals surface area contributed by atoms with Gasteiger partial charge in [-0.1, -0.05) is 54.6 Å². The first-order valence-corrected chi connectivity index (χ1v) is 7.60. The van der Waals surface area contributed by atoms with Crippen molar-refractivity contribution in [3.63, 3.8) is 0 Å². The van der Waals surface area contributed by atoms with Crippen molar-refractivity contribution in [2.45, 2.75) is 25.4 Å². The lowest BCUT2D eigenvalue weighted by atomic mass is 9.88. The van der Waals surface area contributed by atoms with Crippen molar-refractivity contribution < 1.29 is 0 Å². The zero-order valence-corrected chi connectivity index (χ0v) is 12.3. The zero-order valence-electron chi connectivity index (χ0n) is 12.3. The molecule has 4 rings (SSSR count). The van der Waals surface area contributed by atoms with Crippen LogP contribution in [0.25, 0.3) is 11.1 Å². The van der Waals surface area contributed by atoms with Crippen LogP contribution in [-0.2, 0) is 5.66 Å². The molecule has 2 N–H and O–H groups in total. The lowest BCUT2D eigenvalue weighted by Gasteiger charge is -2.48. The Kier molecular flexibility index (Phi) is 2.61. The Morgan fingerprint density at radius 1 is 1.00 bits per heavy atom. The van der Waals surface area contributed by atoms with Crippen molar-refractivity contribution in [1.82, 2.24) is 10.6 Å². The first kappa shape index (κ1) is 12.5. The fraction of sp³-hybridized carbons (Fsp3) is 0.263. The van der Waals surface area contributed by atoms with E-state index in [2.05, 4.69) is 72.7 Å². The van der Waals surface area contributed by atoms with Gasteiger partial charge in [0, 0.05) is 5.92 Å². The van der Waals surface area contributed by atoms with E-state index in [-0.39, 0.29) is 5.66 Å². The largest absolute Gasteiger partial charge is 0.346 e. The van der Waals surface area contributed by atoms with Crippen molar-refractivity contribution in [2.75, 3.05) is 0 Å². The summed E-state index contributed by atoms with van der Waals surface area (Å²) in [4.78, 5) is 0. The summed E-state index contributed by atoms with van der Waals surface area (Å²) >= 11 is 0. The monoisotopic (exact) mass is 276 g/mol. The Bertz CT molecular complexity index is 705. The molecule has 2 aromatic rings. The Hall–Kier alpha value is -2.22. The van der Waals surface area contributed by atoms with Gasteiger partial charge in [0.15, 0.2) is 0 Å². The number of hydrogen-bond acceptors (Lipinski definition) is 2. The second-order valence-electron chi connectivity index (χ2n) is 6.26. The molecular formula is C19H20N2. The zero-order chi connectivity index (χ0) is 14.4. The summed E-state index contributed by atoms with van der Waals surface area (Å²) in [6.45, 7) is 6.10. The molecule has 0 bridgehead atoms. The summed E-state index contributed by atoms with van der Waals surface area (Å²) in [6.07, 6.45) is 2.56. The van der Waals surface area contributed by atoms with Gasteiger partial charge in [-0.15, -0.1) is 0 Å². The molecule has 0 atom stereocenters. The number of benzene rings is 2. The van der Waals surface area contributed by atoms with E-state index in [0.717, 1.165) is 5.82 Å². The van der Waals surface area contributed by atoms with Gasteiger partial charge in [0.25, 0.3) is 0 Å². The highest BCUT2D eigenvalue weighted by Gasteiger charge is 2.52. The maximum Gasteiger partial charge on any atom is 0.139 e. The molecule has 2 fully saturated rings. The Labute approximate surface area is 125 Å². The first-order chi connectivity index (χ1) is 10.2. The SMILES string of the molecule is C=C1NC(c2cccc(-c3cccc(C)c3)c2)(C2CC2)N1. The average Bonchev–Trinajstić information content (AvgIpc) is 3.29. The Morgan fingerprint density at radius 2 is 1.67 bits per heavy atom. The van der Waals surface area contributed by atoms with E-state index >= 15 is 0 Å². The predicted octanol–water partition coefficient (Wildman–Crippen LogP) is 3.89. The summed E-state index contributed by atoms with van der Waals surface area (Å²) in [5.41, 5.74) is 5.08. The summed E-state index contributed by atoms with van der Waals surface area (Å²) in [6, 6.07) is 17.5. The first-order valence-electron chi connectivity index (χ1n) is 7.60. The summed E-state index contributed by atoms with van der Waals surface area (Å²) in [5.74, 6) is 1.61. The Balaban J connectivity index is 1.74. The minimum atomic E-state index is -0.0864. The van der Waals surface area contributed by atoms with E-state index in [1.807, 2.05) is 0 Å². The minimum Gasteiger partial charge on any atom is -0.346 e. The summed E-state index contributed by atoms with van der Waals surface area (Å²) in [7, 11) is 0. The maximum absolute atomic E-state index is 3.96. The van der Waals surface area contributed by atoms with Crippen LogP contribution in [0.4, 0.5) is 0 Å². The lowest BCUT2D eigenvalue weighted by molar-refractivity contribution is 0.173. The van der Waals surface area contributed by atoms with Gasteiger partial charge < -0.3 is 10.6 Å². The number of aryl methyl sites for hydroxylation is 1. The van der Waals surface area contributed by atoms with Gasteiger partial charge in [-0.3, -0.25) is 0 Å². The molecule has 1 saturated carbocycles. The third-order valence-electron chi connectivity index (χ3n) is 4.56. The van der Waals surface area contributed by atoms with Crippen molar-refractivity contribution in [2.24, 2.45) is 5.92 Å². The van der Waals surface area contributed by atoms with Crippen molar-refractivity contribution in [1.29, 1.82) is 0 Å². The van der Waals surface area contributed by atoms with Crippen LogP contribution in [0.3, 0.4) is 0 Å². The molecule has 0 spiro atoms. The molecule has 0 amide bonds. The minimum absolute atomic E-state index is 0.0864. The van der Waals surface area contributed by atoms with Crippen LogP contribution in [0.1, 0.15) is 24.0 Å². The fourth-order valence-electron chi connectivity index (χ4n) is 3.35. The van der Waals surface area contributed by atoms with Crippen LogP contribution in [0.5, 0.6) is 0 Å². The molecule has 0 aromatic heterocycles. The molecule has 1 heterocycles. The highest BCUT2D eigenvalue weighted by Crippen LogP contribution is 2.48. The van der Waals surface area contributed by atoms with E-state index in [9.17, 15) is 0 Å². The highest BCUT2D eigenvalue weighted by atomic mass is 15.4. The summed E-state index contributed by atoms with van der Waals surface area (Å²) in [5, 5.41) is 7.04. The van der Waals surface area contributed by atoms with Gasteiger partial charge in [-0.05, 0) is 42.5 Å². The molecule has 1 aliphatic carbocycles. The maximum atomic E-state index is 3.96. The normalized spacial score (nSPS) is 19.4. The highest BCUT2D eigenvalue weighted by molar-refractivity contribution is 5.65. The Morgan fingerprint density at radius 3 is 2.29 bits per heavy atom. The number of hydrogen-bond donors (Lipinski definition) is 2. The lowest BCUT2D eigenvalue weighted by Crippen LogP contribution is -2.67.